The molecule has 1 aromatic rings. The number of carboxylic acids is 1. The summed E-state index contributed by atoms with van der Waals surface area (Å²) in [6.07, 6.45) is 0.283. The molecule has 1 aromatic carbocycles. The van der Waals surface area contributed by atoms with Crippen molar-refractivity contribution in [3.8, 4) is 11.5 Å². The van der Waals surface area contributed by atoms with Gasteiger partial charge in [0.1, 0.15) is 6.04 Å². The molecule has 25 heavy (non-hydrogen) atoms. The number of amides is 2. The largest absolute Gasteiger partial charge is 0.493 e. The van der Waals surface area contributed by atoms with Gasteiger partial charge in [0, 0.05) is 5.56 Å². The molecule has 8 nitrogen and oxygen atoms in total. The topological polar surface area (TPSA) is 128 Å². The van der Waals surface area contributed by atoms with E-state index in [0.29, 0.717) is 0 Å². The van der Waals surface area contributed by atoms with Gasteiger partial charge in [-0.25, -0.2) is 4.79 Å². The summed E-state index contributed by atoms with van der Waals surface area (Å²) in [5.41, 5.74) is 5.12. The molecule has 1 rings (SSSR count). The summed E-state index contributed by atoms with van der Waals surface area (Å²) in [5.74, 6) is -2.16. The van der Waals surface area contributed by atoms with Crippen LogP contribution in [0.15, 0.2) is 12.1 Å². The molecule has 9 heteroatoms. The molecule has 2 amide bonds. The van der Waals surface area contributed by atoms with E-state index >= 15 is 0 Å². The predicted octanol–water partition coefficient (Wildman–Crippen LogP) is 1.44. The Labute approximate surface area is 150 Å². The molecule has 0 fully saturated rings. The van der Waals surface area contributed by atoms with Crippen LogP contribution in [0.25, 0.3) is 0 Å². The van der Waals surface area contributed by atoms with Crippen LogP contribution in [0.4, 0.5) is 0 Å². The maximum absolute atomic E-state index is 12.3. The van der Waals surface area contributed by atoms with Crippen molar-refractivity contribution in [1.82, 2.24) is 5.32 Å². The highest BCUT2D eigenvalue weighted by molar-refractivity contribution is 6.32. The molecule has 0 saturated carbocycles. The van der Waals surface area contributed by atoms with Crippen molar-refractivity contribution >= 4 is 29.4 Å². The van der Waals surface area contributed by atoms with E-state index in [4.69, 9.17) is 26.8 Å². The Morgan fingerprint density at radius 3 is 2.44 bits per heavy atom. The second-order valence-corrected chi connectivity index (χ2v) is 6.15. The van der Waals surface area contributed by atoms with Crippen molar-refractivity contribution in [3.05, 3.63) is 22.7 Å². The Hall–Kier alpha value is -2.48. The van der Waals surface area contributed by atoms with Crippen molar-refractivity contribution in [2.45, 2.75) is 26.3 Å². The molecular formula is C16H21ClN2O6. The molecule has 0 aliphatic carbocycles. The first kappa shape index (κ1) is 20.6. The predicted molar refractivity (Wildman–Crippen MR) is 91.0 cm³/mol. The van der Waals surface area contributed by atoms with Crippen LogP contribution in [-0.2, 0) is 9.59 Å². The first-order chi connectivity index (χ1) is 11.6. The maximum Gasteiger partial charge on any atom is 0.326 e. The third-order valence-corrected chi connectivity index (χ3v) is 3.44. The van der Waals surface area contributed by atoms with E-state index in [1.807, 2.05) is 13.8 Å². The summed E-state index contributed by atoms with van der Waals surface area (Å²) in [4.78, 5) is 34.4. The molecule has 0 radical (unpaired) electrons. The highest BCUT2D eigenvalue weighted by Crippen LogP contribution is 2.36. The van der Waals surface area contributed by atoms with E-state index in [-0.39, 0.29) is 34.4 Å². The highest BCUT2D eigenvalue weighted by Gasteiger charge is 2.23. The van der Waals surface area contributed by atoms with Crippen LogP contribution in [0.2, 0.25) is 5.02 Å². The Balaban J connectivity index is 3.04. The van der Waals surface area contributed by atoms with Crippen molar-refractivity contribution in [2.24, 2.45) is 11.7 Å². The Morgan fingerprint density at radius 1 is 1.32 bits per heavy atom. The van der Waals surface area contributed by atoms with Crippen LogP contribution in [0.1, 0.15) is 30.6 Å². The van der Waals surface area contributed by atoms with E-state index in [0.717, 1.165) is 0 Å². The Morgan fingerprint density at radius 2 is 1.96 bits per heavy atom. The van der Waals surface area contributed by atoms with E-state index in [9.17, 15) is 19.5 Å². The van der Waals surface area contributed by atoms with E-state index in [2.05, 4.69) is 5.32 Å². The van der Waals surface area contributed by atoms with Gasteiger partial charge in [0.25, 0.3) is 11.8 Å². The van der Waals surface area contributed by atoms with Crippen LogP contribution < -0.4 is 20.5 Å². The molecule has 0 saturated heterocycles. The zero-order valence-electron chi connectivity index (χ0n) is 14.2. The normalized spacial score (nSPS) is 11.7. The fourth-order valence-electron chi connectivity index (χ4n) is 2.07. The number of nitrogens with two attached hydrogens (primary N) is 1. The molecule has 0 heterocycles. The number of carboxylic acid groups (broad SMARTS) is 1. The molecule has 0 aliphatic rings. The standard InChI is InChI=1S/C16H21ClN2O6/c1-8(2)4-11(16(22)23)19-15(21)9-5-10(17)14(12(6-9)24-3)25-7-13(18)20/h5-6,8,11H,4,7H2,1-3H3,(H2,18,20)(H,19,21)(H,22,23)/t11-/m1/s1. The summed E-state index contributed by atoms with van der Waals surface area (Å²) in [6.45, 7) is 3.30. The average Bonchev–Trinajstić information content (AvgIpc) is 2.51. The number of benzene rings is 1. The molecular weight excluding hydrogens is 352 g/mol. The van der Waals surface area contributed by atoms with Gasteiger partial charge in [-0.2, -0.15) is 0 Å². The highest BCUT2D eigenvalue weighted by atomic mass is 35.5. The van der Waals surface area contributed by atoms with E-state index in [1.54, 1.807) is 0 Å². The number of primary amides is 1. The summed E-state index contributed by atoms with van der Waals surface area (Å²) < 4.78 is 10.3. The minimum Gasteiger partial charge on any atom is -0.493 e. The SMILES string of the molecule is COc1cc(C(=O)N[C@H](CC(C)C)C(=O)O)cc(Cl)c1OCC(N)=O. The first-order valence-electron chi connectivity index (χ1n) is 7.48. The van der Waals surface area contributed by atoms with Crippen LogP contribution in [0.3, 0.4) is 0 Å². The van der Waals surface area contributed by atoms with Crippen LogP contribution >= 0.6 is 11.6 Å². The number of halogens is 1. The summed E-state index contributed by atoms with van der Waals surface area (Å²) in [7, 11) is 1.34. The lowest BCUT2D eigenvalue weighted by atomic mass is 10.0. The number of rotatable bonds is 9. The summed E-state index contributed by atoms with van der Waals surface area (Å²) in [5, 5.41) is 11.7. The molecule has 0 bridgehead atoms. The van der Waals surface area contributed by atoms with Gasteiger partial charge < -0.3 is 25.6 Å². The number of aliphatic carboxylic acids is 1. The van der Waals surface area contributed by atoms with E-state index < -0.39 is 30.4 Å². The monoisotopic (exact) mass is 372 g/mol. The van der Waals surface area contributed by atoms with Crippen molar-refractivity contribution < 1.29 is 29.0 Å². The van der Waals surface area contributed by atoms with Crippen LogP contribution in [-0.4, -0.2) is 42.6 Å². The van der Waals surface area contributed by atoms with Crippen molar-refractivity contribution in [1.29, 1.82) is 0 Å². The fourth-order valence-corrected chi connectivity index (χ4v) is 2.33. The lowest BCUT2D eigenvalue weighted by Gasteiger charge is -2.17. The zero-order chi connectivity index (χ0) is 19.1. The van der Waals surface area contributed by atoms with Gasteiger partial charge in [-0.1, -0.05) is 25.4 Å². The van der Waals surface area contributed by atoms with Gasteiger partial charge in [0.15, 0.2) is 18.1 Å². The minimum absolute atomic E-state index is 0.0292. The first-order valence-corrected chi connectivity index (χ1v) is 7.85. The molecule has 0 aromatic heterocycles. The second-order valence-electron chi connectivity index (χ2n) is 5.74. The number of ether oxygens (including phenoxy) is 2. The number of carbonyl (C=O) groups excluding carboxylic acids is 2. The van der Waals surface area contributed by atoms with Gasteiger partial charge in [-0.3, -0.25) is 9.59 Å². The van der Waals surface area contributed by atoms with Crippen molar-refractivity contribution in [2.75, 3.05) is 13.7 Å². The third kappa shape index (κ3) is 6.15. The lowest BCUT2D eigenvalue weighted by Crippen LogP contribution is -2.41. The molecule has 0 unspecified atom stereocenters. The summed E-state index contributed by atoms with van der Waals surface area (Å²) in [6, 6.07) is 1.61. The fraction of sp³-hybridized carbons (Fsp3) is 0.438. The quantitative estimate of drug-likeness (QED) is 0.601. The molecule has 0 spiro atoms. The van der Waals surface area contributed by atoms with Gasteiger partial charge in [-0.05, 0) is 24.5 Å². The Kier molecular flexibility index (Phi) is 7.50. The molecule has 4 N–H and O–H groups in total. The van der Waals surface area contributed by atoms with Crippen molar-refractivity contribution in [3.63, 3.8) is 0 Å². The third-order valence-electron chi connectivity index (χ3n) is 3.16. The number of methoxy groups -OCH3 is 1. The number of nitrogens with one attached hydrogen (secondary N) is 1. The maximum atomic E-state index is 12.3. The summed E-state index contributed by atoms with van der Waals surface area (Å²) >= 11 is 6.07. The van der Waals surface area contributed by atoms with Gasteiger partial charge in [-0.15, -0.1) is 0 Å². The Bertz CT molecular complexity index is 662. The average molecular weight is 373 g/mol. The van der Waals surface area contributed by atoms with Crippen LogP contribution in [0.5, 0.6) is 11.5 Å². The molecule has 0 aliphatic heterocycles. The lowest BCUT2D eigenvalue weighted by molar-refractivity contribution is -0.139. The van der Waals surface area contributed by atoms with Gasteiger partial charge >= 0.3 is 5.97 Å². The van der Waals surface area contributed by atoms with Gasteiger partial charge in [0.2, 0.25) is 0 Å². The van der Waals surface area contributed by atoms with Crippen LogP contribution in [0, 0.1) is 5.92 Å². The molecule has 1 atom stereocenters. The second kappa shape index (κ2) is 9.12. The zero-order valence-corrected chi connectivity index (χ0v) is 14.9. The van der Waals surface area contributed by atoms with E-state index in [1.165, 1.54) is 19.2 Å². The number of carbonyl (C=O) groups is 3. The number of hydrogen-bond acceptors (Lipinski definition) is 5. The molecule has 138 valence electrons. The number of hydrogen-bond donors (Lipinski definition) is 3. The van der Waals surface area contributed by atoms with Gasteiger partial charge in [0.05, 0.1) is 12.1 Å². The minimum atomic E-state index is -1.12. The smallest absolute Gasteiger partial charge is 0.326 e.